The van der Waals surface area contributed by atoms with E-state index in [-0.39, 0.29) is 16.6 Å². The Morgan fingerprint density at radius 3 is 2.33 bits per heavy atom. The summed E-state index contributed by atoms with van der Waals surface area (Å²) in [5, 5.41) is 0. The Morgan fingerprint density at radius 1 is 1.03 bits per heavy atom. The van der Waals surface area contributed by atoms with Gasteiger partial charge in [0, 0.05) is 11.5 Å². The highest BCUT2D eigenvalue weighted by Gasteiger charge is 2.55. The Balaban J connectivity index is 1.56. The summed E-state index contributed by atoms with van der Waals surface area (Å²) in [7, 11) is 0.692. The van der Waals surface area contributed by atoms with E-state index in [4.69, 9.17) is 9.47 Å². The second-order valence-electron chi connectivity index (χ2n) is 9.12. The molecule has 36 heavy (non-hydrogen) atoms. The summed E-state index contributed by atoms with van der Waals surface area (Å²) in [4.78, 5) is 15.7. The van der Waals surface area contributed by atoms with E-state index in [1.54, 1.807) is 31.4 Å². The number of anilines is 2. The van der Waals surface area contributed by atoms with E-state index in [0.29, 0.717) is 16.7 Å². The van der Waals surface area contributed by atoms with E-state index in [2.05, 4.69) is 15.9 Å². The maximum Gasteiger partial charge on any atom is 0.267 e. The molecule has 1 aliphatic heterocycles. The predicted octanol–water partition coefficient (Wildman–Crippen LogP) is 5.26. The Kier molecular flexibility index (Phi) is 6.24. The van der Waals surface area contributed by atoms with Crippen molar-refractivity contribution in [3.8, 4) is 11.5 Å². The molecule has 1 amide bonds. The van der Waals surface area contributed by atoms with Gasteiger partial charge in [0.15, 0.2) is 0 Å². The highest BCUT2D eigenvalue weighted by molar-refractivity contribution is 9.10. The molecule has 2 aliphatic rings. The number of hydrogen-bond donors (Lipinski definition) is 0. The molecule has 1 fully saturated rings. The van der Waals surface area contributed by atoms with Crippen LogP contribution in [0.25, 0.3) is 0 Å². The molecule has 1 heterocycles. The van der Waals surface area contributed by atoms with Gasteiger partial charge >= 0.3 is 0 Å². The van der Waals surface area contributed by atoms with Crippen molar-refractivity contribution in [2.45, 2.75) is 36.1 Å². The van der Waals surface area contributed by atoms with Crippen LogP contribution in [0.3, 0.4) is 0 Å². The maximum absolute atomic E-state index is 13.8. The Bertz CT molecular complexity index is 1440. The van der Waals surface area contributed by atoms with Gasteiger partial charge in [-0.25, -0.2) is 8.42 Å². The van der Waals surface area contributed by atoms with Crippen LogP contribution in [0.1, 0.15) is 30.4 Å². The molecule has 0 saturated heterocycles. The van der Waals surface area contributed by atoms with Crippen LogP contribution in [-0.4, -0.2) is 35.6 Å². The quantitative estimate of drug-likeness (QED) is 0.387. The van der Waals surface area contributed by atoms with Gasteiger partial charge < -0.3 is 14.4 Å². The van der Waals surface area contributed by atoms with E-state index >= 15 is 0 Å². The van der Waals surface area contributed by atoms with Crippen molar-refractivity contribution in [1.29, 1.82) is 0 Å². The third kappa shape index (κ3) is 3.76. The normalized spacial score (nSPS) is 16.0. The van der Waals surface area contributed by atoms with Crippen molar-refractivity contribution in [3.05, 3.63) is 76.3 Å². The van der Waals surface area contributed by atoms with Gasteiger partial charge in [0.25, 0.3) is 10.0 Å². The minimum Gasteiger partial charge on any atom is -0.497 e. The van der Waals surface area contributed by atoms with Gasteiger partial charge in [-0.2, -0.15) is 0 Å². The van der Waals surface area contributed by atoms with Crippen molar-refractivity contribution < 1.29 is 22.7 Å². The van der Waals surface area contributed by atoms with E-state index in [0.717, 1.165) is 41.8 Å². The zero-order valence-corrected chi connectivity index (χ0v) is 22.7. The molecule has 7 nitrogen and oxygen atoms in total. The number of hydrogen-bond acceptors (Lipinski definition) is 5. The molecule has 0 atom stereocenters. The van der Waals surface area contributed by atoms with Gasteiger partial charge in [-0.15, -0.1) is 0 Å². The number of halogens is 1. The number of carbonyl (C=O) groups excluding carboxylic acids is 1. The number of rotatable bonds is 7. The number of fused-ring (bicyclic) bond motifs is 2. The molecule has 1 aliphatic carbocycles. The van der Waals surface area contributed by atoms with Gasteiger partial charge in [-0.1, -0.05) is 30.7 Å². The summed E-state index contributed by atoms with van der Waals surface area (Å²) in [6.45, 7) is 0.422. The van der Waals surface area contributed by atoms with Gasteiger partial charge in [0.2, 0.25) is 5.91 Å². The highest BCUT2D eigenvalue weighted by atomic mass is 79.9. The molecule has 3 aromatic carbocycles. The lowest BCUT2D eigenvalue weighted by molar-refractivity contribution is -0.126. The number of amides is 1. The number of sulfonamides is 1. The fourth-order valence-electron chi connectivity index (χ4n) is 5.08. The van der Waals surface area contributed by atoms with Crippen molar-refractivity contribution in [2.75, 3.05) is 30.5 Å². The molecule has 0 radical (unpaired) electrons. The monoisotopic (exact) mass is 570 g/mol. The number of benzene rings is 3. The summed E-state index contributed by atoms with van der Waals surface area (Å²) in [6, 6.07) is 17.8. The Labute approximate surface area is 219 Å². The second-order valence-corrected chi connectivity index (χ2v) is 11.9. The third-order valence-corrected chi connectivity index (χ3v) is 9.70. The molecule has 1 spiro atoms. The predicted molar refractivity (Wildman–Crippen MR) is 142 cm³/mol. The van der Waals surface area contributed by atoms with Crippen LogP contribution < -0.4 is 18.7 Å². The smallest absolute Gasteiger partial charge is 0.267 e. The molecule has 3 aromatic rings. The van der Waals surface area contributed by atoms with Crippen LogP contribution in [0.4, 0.5) is 11.4 Å². The van der Waals surface area contributed by atoms with Crippen molar-refractivity contribution in [1.82, 2.24) is 0 Å². The lowest BCUT2D eigenvalue weighted by Gasteiger charge is -2.37. The first-order chi connectivity index (χ1) is 17.2. The first-order valence-electron chi connectivity index (χ1n) is 11.6. The number of para-hydroxylation sites is 1. The minimum absolute atomic E-state index is 0.0626. The van der Waals surface area contributed by atoms with Crippen LogP contribution in [0.2, 0.25) is 0 Å². The molecule has 188 valence electrons. The van der Waals surface area contributed by atoms with Gasteiger partial charge in [-0.3, -0.25) is 9.10 Å². The molecular weight excluding hydrogens is 544 g/mol. The average Bonchev–Trinajstić information content (AvgIpc) is 3.12. The molecule has 0 N–H and O–H groups in total. The standard InChI is InChI=1S/C27H27BrN2O5S/c1-29(36(32,33)24-8-5-4-7-23(24)35-3)19-15-21-25(22(28)16-19)30(26(31)27(21)13-6-14-27)17-18-9-11-20(34-2)12-10-18/h4-5,7-12,15-16H,6,13-14,17H2,1-3H3. The van der Waals surface area contributed by atoms with Crippen molar-refractivity contribution in [2.24, 2.45) is 0 Å². The van der Waals surface area contributed by atoms with Crippen molar-refractivity contribution >= 4 is 43.2 Å². The van der Waals surface area contributed by atoms with Crippen LogP contribution in [0, 0.1) is 0 Å². The largest absolute Gasteiger partial charge is 0.497 e. The fraction of sp³-hybridized carbons (Fsp3) is 0.296. The molecule has 0 bridgehead atoms. The van der Waals surface area contributed by atoms with Gasteiger partial charge in [-0.05, 0) is 76.3 Å². The first-order valence-corrected chi connectivity index (χ1v) is 13.9. The Morgan fingerprint density at radius 2 is 1.72 bits per heavy atom. The topological polar surface area (TPSA) is 76.2 Å². The number of ether oxygens (including phenoxy) is 2. The molecular formula is C27H27BrN2O5S. The molecule has 1 saturated carbocycles. The van der Waals surface area contributed by atoms with Crippen LogP contribution in [0.5, 0.6) is 11.5 Å². The van der Waals surface area contributed by atoms with Gasteiger partial charge in [0.05, 0.1) is 37.6 Å². The lowest BCUT2D eigenvalue weighted by Crippen LogP contribution is -2.44. The first kappa shape index (κ1) is 24.6. The van der Waals surface area contributed by atoms with Crippen molar-refractivity contribution in [3.63, 3.8) is 0 Å². The van der Waals surface area contributed by atoms with E-state index in [9.17, 15) is 13.2 Å². The van der Waals surface area contributed by atoms with E-state index in [1.165, 1.54) is 24.5 Å². The number of nitrogens with zero attached hydrogens (tertiary/aromatic N) is 2. The zero-order valence-electron chi connectivity index (χ0n) is 20.3. The fourth-order valence-corrected chi connectivity index (χ4v) is 7.07. The van der Waals surface area contributed by atoms with Crippen LogP contribution in [0.15, 0.2) is 70.0 Å². The third-order valence-electron chi connectivity index (χ3n) is 7.27. The van der Waals surface area contributed by atoms with E-state index in [1.807, 2.05) is 35.2 Å². The average molecular weight is 571 g/mol. The highest BCUT2D eigenvalue weighted by Crippen LogP contribution is 2.56. The van der Waals surface area contributed by atoms with Crippen LogP contribution >= 0.6 is 15.9 Å². The SMILES string of the molecule is COc1ccc(CN2C(=O)C3(CCC3)c3cc(N(C)S(=O)(=O)c4ccccc4OC)cc(Br)c32)cc1. The zero-order chi connectivity index (χ0) is 25.7. The minimum atomic E-state index is -3.90. The summed E-state index contributed by atoms with van der Waals surface area (Å²) in [5.41, 5.74) is 2.53. The second kappa shape index (κ2) is 9.12. The summed E-state index contributed by atoms with van der Waals surface area (Å²) in [5.74, 6) is 1.10. The summed E-state index contributed by atoms with van der Waals surface area (Å²) >= 11 is 3.67. The van der Waals surface area contributed by atoms with E-state index < -0.39 is 15.4 Å². The lowest BCUT2D eigenvalue weighted by atomic mass is 9.65. The molecule has 0 unspecified atom stereocenters. The Hall–Kier alpha value is -3.04. The summed E-state index contributed by atoms with van der Waals surface area (Å²) in [6.07, 6.45) is 2.45. The molecule has 0 aromatic heterocycles. The number of methoxy groups -OCH3 is 2. The molecule has 9 heteroatoms. The molecule has 5 rings (SSSR count). The maximum atomic E-state index is 13.8. The summed E-state index contributed by atoms with van der Waals surface area (Å²) < 4.78 is 39.6. The van der Waals surface area contributed by atoms with Gasteiger partial charge in [0.1, 0.15) is 16.4 Å². The van der Waals surface area contributed by atoms with Crippen LogP contribution in [-0.2, 0) is 26.8 Å². The number of carbonyl (C=O) groups is 1.